The lowest BCUT2D eigenvalue weighted by Gasteiger charge is -2.18. The van der Waals surface area contributed by atoms with Gasteiger partial charge in [0.1, 0.15) is 23.7 Å². The normalized spacial score (nSPS) is 23.0. The molecule has 11 heteroatoms. The smallest absolute Gasteiger partial charge is 0.317 e. The highest BCUT2D eigenvalue weighted by Gasteiger charge is 2.47. The number of pyridine rings is 1. The summed E-state index contributed by atoms with van der Waals surface area (Å²) in [7, 11) is 3.40. The highest BCUT2D eigenvalue weighted by atomic mass is 16.5. The number of hydrogen-bond acceptors (Lipinski definition) is 9. The van der Waals surface area contributed by atoms with E-state index in [1.807, 2.05) is 19.1 Å². The van der Waals surface area contributed by atoms with E-state index in [0.717, 1.165) is 42.8 Å². The molecule has 3 heterocycles. The minimum absolute atomic E-state index is 0.0165. The predicted octanol–water partition coefficient (Wildman–Crippen LogP) is 2.97. The van der Waals surface area contributed by atoms with Crippen LogP contribution in [0.2, 0.25) is 0 Å². The van der Waals surface area contributed by atoms with E-state index in [2.05, 4.69) is 20.3 Å². The van der Waals surface area contributed by atoms with E-state index < -0.39 is 5.97 Å². The second-order valence-electron chi connectivity index (χ2n) is 9.50. The molecule has 36 heavy (non-hydrogen) atoms. The molecule has 2 saturated carbocycles. The summed E-state index contributed by atoms with van der Waals surface area (Å²) in [5.41, 5.74) is 3.48. The van der Waals surface area contributed by atoms with Crippen LogP contribution < -0.4 is 9.47 Å². The Morgan fingerprint density at radius 2 is 2.03 bits per heavy atom. The molecule has 1 N–H and O–H groups in total. The Morgan fingerprint density at radius 3 is 2.81 bits per heavy atom. The SMILES string of the molecule is COCc1ccnc(OCc2c(-c3ccc(O[C@@H]4C[C@H]5CCC(C(=O)O)[C@H]5C4)c(C)n3)nnn2C)n1. The fraction of sp³-hybridized carbons (Fsp3) is 0.520. The standard InChI is InChI=1S/C25H30N6O5/c1-14-22(36-17-10-15-4-5-18(24(32)33)19(15)11-17)7-6-20(27-14)23-21(31(2)30-29-23)13-35-25-26-9-8-16(28-25)12-34-3/h6-9,15,17-19H,4-5,10-13H2,1-3H3,(H,32,33)/t15-,17-,18?,19+/m1/s1. The largest absolute Gasteiger partial charge is 0.489 e. The first-order chi connectivity index (χ1) is 17.4. The molecule has 0 spiro atoms. The molecular weight excluding hydrogens is 464 g/mol. The maximum atomic E-state index is 11.5. The van der Waals surface area contributed by atoms with Crippen LogP contribution in [0.1, 0.15) is 42.8 Å². The summed E-state index contributed by atoms with van der Waals surface area (Å²) in [6.07, 6.45) is 5.07. The molecule has 0 radical (unpaired) electrons. The van der Waals surface area contributed by atoms with Crippen molar-refractivity contribution in [2.24, 2.45) is 24.8 Å². The summed E-state index contributed by atoms with van der Waals surface area (Å²) in [6, 6.07) is 5.78. The number of carbonyl (C=O) groups is 1. The van der Waals surface area contributed by atoms with E-state index in [4.69, 9.17) is 19.2 Å². The number of fused-ring (bicyclic) bond motifs is 1. The molecule has 11 nitrogen and oxygen atoms in total. The van der Waals surface area contributed by atoms with Gasteiger partial charge >= 0.3 is 12.0 Å². The van der Waals surface area contributed by atoms with Gasteiger partial charge in [-0.1, -0.05) is 5.21 Å². The van der Waals surface area contributed by atoms with Gasteiger partial charge in [0.25, 0.3) is 0 Å². The van der Waals surface area contributed by atoms with Crippen molar-refractivity contribution < 1.29 is 24.1 Å². The number of nitrogens with zero attached hydrogens (tertiary/aromatic N) is 6. The summed E-state index contributed by atoms with van der Waals surface area (Å²) in [5, 5.41) is 17.9. The van der Waals surface area contributed by atoms with Gasteiger partial charge in [0.15, 0.2) is 0 Å². The molecule has 0 aromatic carbocycles. The van der Waals surface area contributed by atoms with Gasteiger partial charge in [-0.2, -0.15) is 4.98 Å². The van der Waals surface area contributed by atoms with Crippen LogP contribution in [0.15, 0.2) is 24.4 Å². The molecule has 5 rings (SSSR count). The van der Waals surface area contributed by atoms with Crippen molar-refractivity contribution in [1.29, 1.82) is 0 Å². The number of methoxy groups -OCH3 is 1. The molecule has 2 aliphatic carbocycles. The van der Waals surface area contributed by atoms with Crippen LogP contribution in [0.25, 0.3) is 11.4 Å². The lowest BCUT2D eigenvalue weighted by Crippen LogP contribution is -2.21. The van der Waals surface area contributed by atoms with E-state index in [1.165, 1.54) is 0 Å². The molecule has 3 aromatic heterocycles. The summed E-state index contributed by atoms with van der Waals surface area (Å²) in [5.74, 6) is 0.436. The molecule has 2 fully saturated rings. The van der Waals surface area contributed by atoms with Crippen molar-refractivity contribution in [3.05, 3.63) is 41.5 Å². The third kappa shape index (κ3) is 4.88. The van der Waals surface area contributed by atoms with Crippen LogP contribution in [0.3, 0.4) is 0 Å². The molecule has 190 valence electrons. The second kappa shape index (κ2) is 10.2. The summed E-state index contributed by atoms with van der Waals surface area (Å²) >= 11 is 0. The zero-order valence-corrected chi connectivity index (χ0v) is 20.6. The average molecular weight is 495 g/mol. The average Bonchev–Trinajstić information content (AvgIpc) is 3.53. The Bertz CT molecular complexity index is 1250. The minimum Gasteiger partial charge on any atom is -0.489 e. The third-order valence-corrected chi connectivity index (χ3v) is 7.23. The van der Waals surface area contributed by atoms with Gasteiger partial charge in [0, 0.05) is 20.4 Å². The van der Waals surface area contributed by atoms with Crippen molar-refractivity contribution >= 4 is 5.97 Å². The molecule has 0 aliphatic heterocycles. The number of carboxylic acid groups (broad SMARTS) is 1. The van der Waals surface area contributed by atoms with Crippen molar-refractivity contribution in [2.75, 3.05) is 7.11 Å². The highest BCUT2D eigenvalue weighted by molar-refractivity contribution is 5.71. The summed E-state index contributed by atoms with van der Waals surface area (Å²) in [4.78, 5) is 24.8. The first kappa shape index (κ1) is 24.1. The first-order valence-electron chi connectivity index (χ1n) is 12.1. The molecule has 4 atom stereocenters. The van der Waals surface area contributed by atoms with Gasteiger partial charge in [0.05, 0.1) is 35.7 Å². The van der Waals surface area contributed by atoms with Gasteiger partial charge in [-0.05, 0) is 62.6 Å². The van der Waals surface area contributed by atoms with Crippen molar-refractivity contribution in [2.45, 2.75) is 51.9 Å². The fourth-order valence-corrected chi connectivity index (χ4v) is 5.47. The van der Waals surface area contributed by atoms with Gasteiger partial charge < -0.3 is 19.3 Å². The minimum atomic E-state index is -0.677. The number of aliphatic carboxylic acids is 1. The van der Waals surface area contributed by atoms with Crippen LogP contribution in [0, 0.1) is 24.7 Å². The van der Waals surface area contributed by atoms with Crippen molar-refractivity contribution in [3.8, 4) is 23.1 Å². The zero-order valence-electron chi connectivity index (χ0n) is 20.6. The second-order valence-corrected chi connectivity index (χ2v) is 9.50. The molecule has 0 bridgehead atoms. The molecule has 0 saturated heterocycles. The molecular formula is C25H30N6O5. The van der Waals surface area contributed by atoms with Crippen LogP contribution in [0.4, 0.5) is 0 Å². The quantitative estimate of drug-likeness (QED) is 0.473. The number of hydrogen-bond donors (Lipinski definition) is 1. The lowest BCUT2D eigenvalue weighted by atomic mass is 9.92. The van der Waals surface area contributed by atoms with E-state index in [9.17, 15) is 9.90 Å². The van der Waals surface area contributed by atoms with E-state index >= 15 is 0 Å². The zero-order chi connectivity index (χ0) is 25.2. The van der Waals surface area contributed by atoms with E-state index in [-0.39, 0.29) is 30.6 Å². The van der Waals surface area contributed by atoms with E-state index in [0.29, 0.717) is 29.7 Å². The fourth-order valence-electron chi connectivity index (χ4n) is 5.47. The molecule has 3 aromatic rings. The van der Waals surface area contributed by atoms with Crippen molar-refractivity contribution in [1.82, 2.24) is 29.9 Å². The Morgan fingerprint density at radius 1 is 1.17 bits per heavy atom. The van der Waals surface area contributed by atoms with Gasteiger partial charge in [0.2, 0.25) is 0 Å². The van der Waals surface area contributed by atoms with E-state index in [1.54, 1.807) is 31.1 Å². The molecule has 2 aliphatic rings. The van der Waals surface area contributed by atoms with Gasteiger partial charge in [-0.15, -0.1) is 5.10 Å². The number of aryl methyl sites for hydroxylation is 2. The third-order valence-electron chi connectivity index (χ3n) is 7.23. The Balaban J connectivity index is 1.27. The summed E-state index contributed by atoms with van der Waals surface area (Å²) in [6.45, 7) is 2.44. The lowest BCUT2D eigenvalue weighted by molar-refractivity contribution is -0.143. The molecule has 1 unspecified atom stereocenters. The monoisotopic (exact) mass is 494 g/mol. The van der Waals surface area contributed by atoms with Crippen LogP contribution >= 0.6 is 0 Å². The molecule has 0 amide bonds. The van der Waals surface area contributed by atoms with Gasteiger partial charge in [-0.25, -0.2) is 14.6 Å². The number of aromatic nitrogens is 6. The Labute approximate surface area is 208 Å². The number of rotatable bonds is 9. The Hall–Kier alpha value is -3.60. The maximum Gasteiger partial charge on any atom is 0.317 e. The number of ether oxygens (including phenoxy) is 3. The topological polar surface area (TPSA) is 134 Å². The Kier molecular flexibility index (Phi) is 6.82. The summed E-state index contributed by atoms with van der Waals surface area (Å²) < 4.78 is 18.9. The first-order valence-corrected chi connectivity index (χ1v) is 12.1. The number of carboxylic acids is 1. The van der Waals surface area contributed by atoms with Crippen molar-refractivity contribution in [3.63, 3.8) is 0 Å². The van der Waals surface area contributed by atoms with Crippen LogP contribution in [-0.4, -0.2) is 54.2 Å². The van der Waals surface area contributed by atoms with Crippen LogP contribution in [0.5, 0.6) is 11.8 Å². The predicted molar refractivity (Wildman–Crippen MR) is 127 cm³/mol. The van der Waals surface area contributed by atoms with Crippen LogP contribution in [-0.2, 0) is 29.8 Å². The van der Waals surface area contributed by atoms with Gasteiger partial charge in [-0.3, -0.25) is 4.79 Å². The highest BCUT2D eigenvalue weighted by Crippen LogP contribution is 2.48. The maximum absolute atomic E-state index is 11.5.